The standard InChI is InChI=1S/C19H12S2/c1-11-8-9-14-13(10-11)12-4-2-5-15-18(12)19-16(20-14)6-3-7-17(19)21-15/h2-10H,1H3. The van der Waals surface area contributed by atoms with Crippen molar-refractivity contribution in [2.75, 3.05) is 0 Å². The summed E-state index contributed by atoms with van der Waals surface area (Å²) in [6.45, 7) is 2.17. The van der Waals surface area contributed by atoms with Crippen LogP contribution in [-0.4, -0.2) is 0 Å². The lowest BCUT2D eigenvalue weighted by Gasteiger charge is -1.99. The number of thiophene rings is 1. The summed E-state index contributed by atoms with van der Waals surface area (Å²) < 4.78 is 5.53. The van der Waals surface area contributed by atoms with Crippen molar-refractivity contribution in [3.8, 4) is 0 Å². The molecule has 2 heteroatoms. The van der Waals surface area contributed by atoms with E-state index in [0.717, 1.165) is 0 Å². The zero-order chi connectivity index (χ0) is 14.0. The van der Waals surface area contributed by atoms with E-state index in [9.17, 15) is 0 Å². The summed E-state index contributed by atoms with van der Waals surface area (Å²) in [5.74, 6) is 0. The average molecular weight is 304 g/mol. The van der Waals surface area contributed by atoms with Gasteiger partial charge in [0.15, 0.2) is 0 Å². The van der Waals surface area contributed by atoms with Crippen molar-refractivity contribution in [3.63, 3.8) is 0 Å². The van der Waals surface area contributed by atoms with Gasteiger partial charge in [0.2, 0.25) is 0 Å². The molecule has 0 atom stereocenters. The molecule has 2 aromatic heterocycles. The molecule has 0 saturated carbocycles. The van der Waals surface area contributed by atoms with Gasteiger partial charge in [-0.1, -0.05) is 29.8 Å². The molecule has 0 bridgehead atoms. The molecule has 5 rings (SSSR count). The van der Waals surface area contributed by atoms with E-state index in [4.69, 9.17) is 0 Å². The van der Waals surface area contributed by atoms with Crippen LogP contribution in [-0.2, 0) is 0 Å². The van der Waals surface area contributed by atoms with Crippen LogP contribution in [0.2, 0.25) is 0 Å². The fourth-order valence-corrected chi connectivity index (χ4v) is 5.54. The van der Waals surface area contributed by atoms with Crippen molar-refractivity contribution in [2.24, 2.45) is 0 Å². The van der Waals surface area contributed by atoms with Gasteiger partial charge >= 0.3 is 0 Å². The van der Waals surface area contributed by atoms with Crippen LogP contribution in [0.15, 0.2) is 54.6 Å². The van der Waals surface area contributed by atoms with Gasteiger partial charge in [0.25, 0.3) is 0 Å². The highest BCUT2D eigenvalue weighted by molar-refractivity contribution is 7.29. The monoisotopic (exact) mass is 304 g/mol. The summed E-state index contributed by atoms with van der Waals surface area (Å²) in [6, 6.07) is 20.2. The van der Waals surface area contributed by atoms with E-state index in [2.05, 4.69) is 61.5 Å². The summed E-state index contributed by atoms with van der Waals surface area (Å²) in [7, 11) is 0. The second-order valence-corrected chi connectivity index (χ2v) is 7.68. The van der Waals surface area contributed by atoms with Gasteiger partial charge < -0.3 is 0 Å². The zero-order valence-corrected chi connectivity index (χ0v) is 13.1. The summed E-state index contributed by atoms with van der Waals surface area (Å²) in [4.78, 5) is 0. The first-order valence-electron chi connectivity index (χ1n) is 7.04. The van der Waals surface area contributed by atoms with Crippen LogP contribution in [0.3, 0.4) is 0 Å². The van der Waals surface area contributed by atoms with Crippen molar-refractivity contribution in [1.29, 1.82) is 0 Å². The molecule has 2 heterocycles. The minimum Gasteiger partial charge on any atom is -0.135 e. The molecule has 0 spiro atoms. The Balaban J connectivity index is 2.28. The van der Waals surface area contributed by atoms with Gasteiger partial charge in [-0.3, -0.25) is 0 Å². The number of hydrogen-bond acceptors (Lipinski definition) is 2. The van der Waals surface area contributed by atoms with Crippen molar-refractivity contribution in [3.05, 3.63) is 60.2 Å². The predicted octanol–water partition coefficient (Wildman–Crippen LogP) is 6.73. The highest BCUT2D eigenvalue weighted by Crippen LogP contribution is 2.43. The topological polar surface area (TPSA) is 0 Å². The molecule has 0 fully saturated rings. The molecule has 5 aromatic rings. The van der Waals surface area contributed by atoms with E-state index < -0.39 is 0 Å². The predicted molar refractivity (Wildman–Crippen MR) is 97.0 cm³/mol. The highest BCUT2D eigenvalue weighted by atomic mass is 32.1. The Hall–Kier alpha value is -1.90. The minimum atomic E-state index is 1.32. The Kier molecular flexibility index (Phi) is 2.27. The molecule has 0 aliphatic carbocycles. The minimum absolute atomic E-state index is 1.32. The van der Waals surface area contributed by atoms with E-state index in [1.807, 2.05) is 22.7 Å². The van der Waals surface area contributed by atoms with E-state index in [1.54, 1.807) is 0 Å². The molecule has 0 radical (unpaired) electrons. The average Bonchev–Trinajstić information content (AvgIpc) is 2.81. The van der Waals surface area contributed by atoms with Gasteiger partial charge in [0, 0.05) is 29.6 Å². The van der Waals surface area contributed by atoms with Gasteiger partial charge in [-0.2, -0.15) is 0 Å². The van der Waals surface area contributed by atoms with E-state index in [1.165, 1.54) is 45.9 Å². The normalized spacial score (nSPS) is 12.0. The molecular weight excluding hydrogens is 292 g/mol. The molecule has 0 saturated heterocycles. The fourth-order valence-electron chi connectivity index (χ4n) is 3.21. The fraction of sp³-hybridized carbons (Fsp3) is 0.0526. The first-order chi connectivity index (χ1) is 10.3. The van der Waals surface area contributed by atoms with Crippen molar-refractivity contribution in [2.45, 2.75) is 6.92 Å². The van der Waals surface area contributed by atoms with Crippen LogP contribution in [0.4, 0.5) is 0 Å². The van der Waals surface area contributed by atoms with Crippen LogP contribution in [0.1, 0.15) is 5.56 Å². The summed E-state index contributed by atoms with van der Waals surface area (Å²) in [6.07, 6.45) is 0. The Labute approximate surface area is 130 Å². The van der Waals surface area contributed by atoms with E-state index in [0.29, 0.717) is 0 Å². The molecule has 0 aliphatic rings. The third kappa shape index (κ3) is 1.55. The number of aryl methyl sites for hydroxylation is 1. The molecule has 3 aromatic carbocycles. The Morgan fingerprint density at radius 3 is 2.10 bits per heavy atom. The van der Waals surface area contributed by atoms with E-state index >= 15 is 0 Å². The Bertz CT molecular complexity index is 1140. The van der Waals surface area contributed by atoms with Crippen LogP contribution < -0.4 is 0 Å². The zero-order valence-electron chi connectivity index (χ0n) is 11.5. The number of hydrogen-bond donors (Lipinski definition) is 0. The summed E-state index contributed by atoms with van der Waals surface area (Å²) in [5.41, 5.74) is 1.32. The third-order valence-electron chi connectivity index (χ3n) is 4.13. The molecule has 21 heavy (non-hydrogen) atoms. The third-order valence-corrected chi connectivity index (χ3v) is 6.39. The Morgan fingerprint density at radius 2 is 1.29 bits per heavy atom. The van der Waals surface area contributed by atoms with Crippen molar-refractivity contribution >= 4 is 63.0 Å². The van der Waals surface area contributed by atoms with Gasteiger partial charge in [-0.25, -0.2) is 0 Å². The number of rotatable bonds is 0. The van der Waals surface area contributed by atoms with Crippen LogP contribution >= 0.6 is 22.7 Å². The first-order valence-corrected chi connectivity index (χ1v) is 8.68. The van der Waals surface area contributed by atoms with Gasteiger partial charge in [-0.15, -0.1) is 22.7 Å². The first kappa shape index (κ1) is 11.7. The van der Waals surface area contributed by atoms with Crippen molar-refractivity contribution < 1.29 is 0 Å². The molecule has 0 nitrogen and oxygen atoms in total. The summed E-state index contributed by atoms with van der Waals surface area (Å²) >= 11 is 3.81. The Morgan fingerprint density at radius 1 is 0.619 bits per heavy atom. The van der Waals surface area contributed by atoms with Crippen LogP contribution in [0, 0.1) is 6.92 Å². The molecule has 0 amide bonds. The van der Waals surface area contributed by atoms with E-state index in [-0.39, 0.29) is 0 Å². The SMILES string of the molecule is Cc1ccc2sc3cccc4sc5cccc(c2c1)c5c34. The smallest absolute Gasteiger partial charge is 0.0369 e. The molecule has 0 N–H and O–H groups in total. The quantitative estimate of drug-likeness (QED) is 0.297. The lowest BCUT2D eigenvalue weighted by molar-refractivity contribution is 1.52. The van der Waals surface area contributed by atoms with Crippen molar-refractivity contribution in [1.82, 2.24) is 0 Å². The molecule has 100 valence electrons. The van der Waals surface area contributed by atoms with Gasteiger partial charge in [0.05, 0.1) is 0 Å². The van der Waals surface area contributed by atoms with Gasteiger partial charge in [-0.05, 0) is 48.0 Å². The highest BCUT2D eigenvalue weighted by Gasteiger charge is 2.12. The maximum absolute atomic E-state index is 2.33. The molecular formula is C19H12S2. The van der Waals surface area contributed by atoms with Gasteiger partial charge in [0.1, 0.15) is 0 Å². The van der Waals surface area contributed by atoms with Crippen LogP contribution in [0.25, 0.3) is 40.3 Å². The second-order valence-electron chi connectivity index (χ2n) is 5.51. The van der Waals surface area contributed by atoms with Crippen LogP contribution in [0.5, 0.6) is 0 Å². The summed E-state index contributed by atoms with van der Waals surface area (Å²) in [5, 5.41) is 5.63. The number of benzene rings is 3. The molecule has 0 unspecified atom stereocenters. The maximum Gasteiger partial charge on any atom is 0.0369 e. The maximum atomic E-state index is 2.33. The largest absolute Gasteiger partial charge is 0.135 e. The lowest BCUT2D eigenvalue weighted by atomic mass is 10.0. The lowest BCUT2D eigenvalue weighted by Crippen LogP contribution is -1.73. The second kappa shape index (κ2) is 4.06. The number of fused-ring (bicyclic) bond motifs is 2. The molecule has 0 aliphatic heterocycles.